The van der Waals surface area contributed by atoms with Crippen LogP contribution >= 0.6 is 0 Å². The van der Waals surface area contributed by atoms with Crippen molar-refractivity contribution >= 4 is 5.69 Å². The van der Waals surface area contributed by atoms with Gasteiger partial charge in [-0.25, -0.2) is 0 Å². The Morgan fingerprint density at radius 2 is 1.75 bits per heavy atom. The van der Waals surface area contributed by atoms with Crippen molar-refractivity contribution < 1.29 is 22.6 Å². The predicted molar refractivity (Wildman–Crippen MR) is 68.3 cm³/mol. The molecule has 0 bridgehead atoms. The van der Waals surface area contributed by atoms with Crippen LogP contribution in [-0.4, -0.2) is 6.36 Å². The molecule has 2 rings (SSSR count). The maximum Gasteiger partial charge on any atom is 0.573 e. The molecule has 0 atom stereocenters. The van der Waals surface area contributed by atoms with E-state index in [1.54, 1.807) is 30.3 Å². The van der Waals surface area contributed by atoms with Gasteiger partial charge in [0.1, 0.15) is 18.1 Å². The van der Waals surface area contributed by atoms with Crippen LogP contribution in [0, 0.1) is 0 Å². The van der Waals surface area contributed by atoms with Crippen LogP contribution in [0.2, 0.25) is 0 Å². The van der Waals surface area contributed by atoms with Crippen LogP contribution in [0.3, 0.4) is 0 Å². The molecule has 0 amide bonds. The molecule has 0 saturated heterocycles. The molecule has 20 heavy (non-hydrogen) atoms. The van der Waals surface area contributed by atoms with Crippen molar-refractivity contribution in [1.29, 1.82) is 0 Å². The molecule has 0 unspecified atom stereocenters. The van der Waals surface area contributed by atoms with Crippen LogP contribution in [0.4, 0.5) is 18.9 Å². The van der Waals surface area contributed by atoms with Gasteiger partial charge in [-0.1, -0.05) is 24.3 Å². The van der Waals surface area contributed by atoms with E-state index in [9.17, 15) is 13.2 Å². The van der Waals surface area contributed by atoms with Crippen LogP contribution in [0.25, 0.3) is 0 Å². The van der Waals surface area contributed by atoms with Crippen molar-refractivity contribution in [3.8, 4) is 11.5 Å². The summed E-state index contributed by atoms with van der Waals surface area (Å²) >= 11 is 0. The Kier molecular flexibility index (Phi) is 4.02. The van der Waals surface area contributed by atoms with E-state index < -0.39 is 6.36 Å². The van der Waals surface area contributed by atoms with Gasteiger partial charge in [0, 0.05) is 17.3 Å². The topological polar surface area (TPSA) is 44.5 Å². The molecular weight excluding hydrogens is 271 g/mol. The lowest BCUT2D eigenvalue weighted by Crippen LogP contribution is -2.18. The van der Waals surface area contributed by atoms with Crippen LogP contribution in [0.15, 0.2) is 48.5 Å². The van der Waals surface area contributed by atoms with Crippen molar-refractivity contribution in [3.63, 3.8) is 0 Å². The highest BCUT2D eigenvalue weighted by molar-refractivity contribution is 5.43. The van der Waals surface area contributed by atoms with E-state index in [0.29, 0.717) is 17.0 Å². The highest BCUT2D eigenvalue weighted by Crippen LogP contribution is 2.27. The van der Waals surface area contributed by atoms with Crippen molar-refractivity contribution in [2.45, 2.75) is 13.0 Å². The Balaban J connectivity index is 2.09. The first-order chi connectivity index (χ1) is 9.44. The van der Waals surface area contributed by atoms with E-state index in [2.05, 4.69) is 4.74 Å². The Bertz CT molecular complexity index is 585. The monoisotopic (exact) mass is 283 g/mol. The minimum atomic E-state index is -4.73. The molecule has 0 radical (unpaired) electrons. The highest BCUT2D eigenvalue weighted by atomic mass is 19.4. The molecule has 0 fully saturated rings. The van der Waals surface area contributed by atoms with Gasteiger partial charge in [0.2, 0.25) is 0 Å². The number of rotatable bonds is 4. The van der Waals surface area contributed by atoms with Gasteiger partial charge in [0.15, 0.2) is 0 Å². The van der Waals surface area contributed by atoms with Gasteiger partial charge in [-0.3, -0.25) is 0 Å². The smallest absolute Gasteiger partial charge is 0.489 e. The molecule has 0 aliphatic carbocycles. The van der Waals surface area contributed by atoms with Gasteiger partial charge in [-0.2, -0.15) is 0 Å². The standard InChI is InChI=1S/C14H12F3NO2/c15-14(16,17)20-13-7-2-1-4-10(13)9-19-12-6-3-5-11(18)8-12/h1-8H,9,18H2. The summed E-state index contributed by atoms with van der Waals surface area (Å²) in [4.78, 5) is 0. The summed E-state index contributed by atoms with van der Waals surface area (Å²) in [5, 5.41) is 0. The average molecular weight is 283 g/mol. The molecule has 2 aromatic carbocycles. The van der Waals surface area contributed by atoms with Gasteiger partial charge in [-0.15, -0.1) is 13.2 Å². The number of para-hydroxylation sites is 1. The minimum absolute atomic E-state index is 0.0459. The zero-order chi connectivity index (χ0) is 14.6. The highest BCUT2D eigenvalue weighted by Gasteiger charge is 2.32. The van der Waals surface area contributed by atoms with Crippen LogP contribution < -0.4 is 15.2 Å². The van der Waals surface area contributed by atoms with E-state index in [1.807, 2.05) is 0 Å². The van der Waals surface area contributed by atoms with Crippen LogP contribution in [-0.2, 0) is 6.61 Å². The Morgan fingerprint density at radius 3 is 2.45 bits per heavy atom. The quantitative estimate of drug-likeness (QED) is 0.869. The van der Waals surface area contributed by atoms with E-state index in [-0.39, 0.29) is 12.4 Å². The molecule has 2 N–H and O–H groups in total. The summed E-state index contributed by atoms with van der Waals surface area (Å²) in [6.07, 6.45) is -4.73. The minimum Gasteiger partial charge on any atom is -0.489 e. The zero-order valence-corrected chi connectivity index (χ0v) is 10.4. The Morgan fingerprint density at radius 1 is 1.00 bits per heavy atom. The molecule has 106 valence electrons. The molecule has 0 aliphatic rings. The van der Waals surface area contributed by atoms with Crippen LogP contribution in [0.5, 0.6) is 11.5 Å². The van der Waals surface area contributed by atoms with Gasteiger partial charge in [-0.05, 0) is 18.2 Å². The van der Waals surface area contributed by atoms with Crippen molar-refractivity contribution in [3.05, 3.63) is 54.1 Å². The molecule has 0 heterocycles. The number of nitrogens with two attached hydrogens (primary N) is 1. The van der Waals surface area contributed by atoms with Crippen molar-refractivity contribution in [2.75, 3.05) is 5.73 Å². The molecule has 0 spiro atoms. The summed E-state index contributed by atoms with van der Waals surface area (Å²) < 4.78 is 46.1. The lowest BCUT2D eigenvalue weighted by molar-refractivity contribution is -0.275. The van der Waals surface area contributed by atoms with E-state index in [0.717, 1.165) is 0 Å². The summed E-state index contributed by atoms with van der Waals surface area (Å²) in [6.45, 7) is -0.0459. The summed E-state index contributed by atoms with van der Waals surface area (Å²) in [5.41, 5.74) is 6.40. The number of nitrogen functional groups attached to an aromatic ring is 1. The SMILES string of the molecule is Nc1cccc(OCc2ccccc2OC(F)(F)F)c1. The first-order valence-electron chi connectivity index (χ1n) is 5.76. The van der Waals surface area contributed by atoms with Gasteiger partial charge < -0.3 is 15.2 Å². The molecule has 0 saturated carbocycles. The average Bonchev–Trinajstić information content (AvgIpc) is 2.36. The third-order valence-electron chi connectivity index (χ3n) is 2.45. The Labute approximate surface area is 113 Å². The number of anilines is 1. The van der Waals surface area contributed by atoms with E-state index in [4.69, 9.17) is 10.5 Å². The first kappa shape index (κ1) is 14.0. The second-order valence-corrected chi connectivity index (χ2v) is 4.02. The number of ether oxygens (including phenoxy) is 2. The fourth-order valence-corrected chi connectivity index (χ4v) is 1.61. The number of hydrogen-bond donors (Lipinski definition) is 1. The first-order valence-corrected chi connectivity index (χ1v) is 5.76. The molecule has 2 aromatic rings. The lowest BCUT2D eigenvalue weighted by Gasteiger charge is -2.13. The maximum atomic E-state index is 12.3. The van der Waals surface area contributed by atoms with Crippen molar-refractivity contribution in [2.24, 2.45) is 0 Å². The number of hydrogen-bond acceptors (Lipinski definition) is 3. The molecule has 6 heteroatoms. The summed E-state index contributed by atoms with van der Waals surface area (Å²) in [7, 11) is 0. The zero-order valence-electron chi connectivity index (χ0n) is 10.4. The van der Waals surface area contributed by atoms with E-state index >= 15 is 0 Å². The number of halogens is 3. The third kappa shape index (κ3) is 4.08. The van der Waals surface area contributed by atoms with Gasteiger partial charge in [0.05, 0.1) is 0 Å². The lowest BCUT2D eigenvalue weighted by atomic mass is 10.2. The number of benzene rings is 2. The van der Waals surface area contributed by atoms with Crippen LogP contribution in [0.1, 0.15) is 5.56 Å². The summed E-state index contributed by atoms with van der Waals surface area (Å²) in [6, 6.07) is 12.5. The fourth-order valence-electron chi connectivity index (χ4n) is 1.61. The van der Waals surface area contributed by atoms with Crippen molar-refractivity contribution in [1.82, 2.24) is 0 Å². The van der Waals surface area contributed by atoms with Gasteiger partial charge in [0.25, 0.3) is 0 Å². The second kappa shape index (κ2) is 5.73. The Hall–Kier alpha value is -2.37. The molecular formula is C14H12F3NO2. The van der Waals surface area contributed by atoms with Gasteiger partial charge >= 0.3 is 6.36 Å². The number of alkyl halides is 3. The molecule has 3 nitrogen and oxygen atoms in total. The predicted octanol–water partition coefficient (Wildman–Crippen LogP) is 3.75. The largest absolute Gasteiger partial charge is 0.573 e. The summed E-state index contributed by atoms with van der Waals surface area (Å²) in [5.74, 6) is 0.204. The maximum absolute atomic E-state index is 12.3. The second-order valence-electron chi connectivity index (χ2n) is 4.02. The normalized spacial score (nSPS) is 11.2. The fraction of sp³-hybridized carbons (Fsp3) is 0.143. The third-order valence-corrected chi connectivity index (χ3v) is 2.45. The van der Waals surface area contributed by atoms with E-state index in [1.165, 1.54) is 18.2 Å². The molecule has 0 aromatic heterocycles. The molecule has 0 aliphatic heterocycles.